The highest BCUT2D eigenvalue weighted by Crippen LogP contribution is 2.14. The highest BCUT2D eigenvalue weighted by molar-refractivity contribution is 5.44. The number of hydrogen-bond acceptors (Lipinski definition) is 3. The number of para-hydroxylation sites is 1. The zero-order valence-electron chi connectivity index (χ0n) is 8.74. The Morgan fingerprint density at radius 3 is 2.81 bits per heavy atom. The average molecular weight is 220 g/mol. The summed E-state index contributed by atoms with van der Waals surface area (Å²) in [6.45, 7) is 0.893. The van der Waals surface area contributed by atoms with Crippen molar-refractivity contribution in [3.63, 3.8) is 0 Å². The van der Waals surface area contributed by atoms with Gasteiger partial charge in [0.2, 0.25) is 0 Å². The largest absolute Gasteiger partial charge is 0.468 e. The molecule has 0 saturated carbocycles. The summed E-state index contributed by atoms with van der Waals surface area (Å²) in [7, 11) is 0. The van der Waals surface area contributed by atoms with Crippen molar-refractivity contribution in [2.45, 2.75) is 13.1 Å². The maximum atomic E-state index is 13.3. The van der Waals surface area contributed by atoms with E-state index in [1.54, 1.807) is 24.5 Å². The molecular weight excluding hydrogens is 207 g/mol. The molecule has 84 valence electrons. The number of rotatable bonds is 4. The lowest BCUT2D eigenvalue weighted by atomic mass is 10.2. The molecule has 3 nitrogen and oxygen atoms in total. The van der Waals surface area contributed by atoms with Gasteiger partial charge >= 0.3 is 0 Å². The Bertz CT molecular complexity index is 468. The van der Waals surface area contributed by atoms with Gasteiger partial charge in [0.1, 0.15) is 11.6 Å². The van der Waals surface area contributed by atoms with Crippen molar-refractivity contribution in [3.05, 3.63) is 53.7 Å². The van der Waals surface area contributed by atoms with Crippen LogP contribution in [-0.4, -0.2) is 0 Å². The summed E-state index contributed by atoms with van der Waals surface area (Å²) in [5.74, 6) is 0.468. The monoisotopic (exact) mass is 220 g/mol. The molecule has 0 saturated heterocycles. The zero-order chi connectivity index (χ0) is 11.4. The summed E-state index contributed by atoms with van der Waals surface area (Å²) in [5, 5.41) is 2.99. The second-order valence-electron chi connectivity index (χ2n) is 3.46. The molecule has 3 N–H and O–H groups in total. The fourth-order valence-corrected chi connectivity index (χ4v) is 1.43. The molecule has 0 atom stereocenters. The molecule has 0 aliphatic carbocycles. The summed E-state index contributed by atoms with van der Waals surface area (Å²) in [4.78, 5) is 0. The van der Waals surface area contributed by atoms with Crippen molar-refractivity contribution in [3.8, 4) is 0 Å². The predicted octanol–water partition coefficient (Wildman–Crippen LogP) is 2.49. The van der Waals surface area contributed by atoms with Gasteiger partial charge in [-0.25, -0.2) is 4.39 Å². The molecule has 0 radical (unpaired) electrons. The first-order chi connectivity index (χ1) is 7.79. The normalized spacial score (nSPS) is 10.4. The van der Waals surface area contributed by atoms with Crippen molar-refractivity contribution < 1.29 is 8.81 Å². The third-order valence-corrected chi connectivity index (χ3v) is 2.27. The Kier molecular flexibility index (Phi) is 3.22. The third-order valence-electron chi connectivity index (χ3n) is 2.27. The summed E-state index contributed by atoms with van der Waals surface area (Å²) >= 11 is 0. The molecule has 0 unspecified atom stereocenters. The summed E-state index contributed by atoms with van der Waals surface area (Å²) in [6, 6.07) is 8.41. The first-order valence-electron chi connectivity index (χ1n) is 5.04. The topological polar surface area (TPSA) is 51.2 Å². The molecular formula is C12H13FN2O. The molecule has 0 spiro atoms. The molecule has 0 bridgehead atoms. The number of hydrogen-bond donors (Lipinski definition) is 2. The molecule has 2 aromatic rings. The molecule has 4 heteroatoms. The average Bonchev–Trinajstić information content (AvgIpc) is 2.76. The minimum atomic E-state index is -0.259. The molecule has 1 aromatic carbocycles. The number of halogens is 1. The predicted molar refractivity (Wildman–Crippen MR) is 60.3 cm³/mol. The van der Waals surface area contributed by atoms with E-state index in [-0.39, 0.29) is 5.82 Å². The lowest BCUT2D eigenvalue weighted by Crippen LogP contribution is -2.00. The smallest absolute Gasteiger partial charge is 0.146 e. The SMILES string of the molecule is NCc1cc(CNc2ccccc2F)co1. The van der Waals surface area contributed by atoms with Crippen molar-refractivity contribution >= 4 is 5.69 Å². The van der Waals surface area contributed by atoms with Gasteiger partial charge in [0.25, 0.3) is 0 Å². The molecule has 0 aliphatic rings. The van der Waals surface area contributed by atoms with Gasteiger partial charge in [-0.05, 0) is 18.2 Å². The summed E-state index contributed by atoms with van der Waals surface area (Å²) < 4.78 is 18.4. The molecule has 2 rings (SSSR count). The molecule has 1 heterocycles. The van der Waals surface area contributed by atoms with Gasteiger partial charge in [-0.1, -0.05) is 12.1 Å². The van der Waals surface area contributed by atoms with Crippen molar-refractivity contribution in [1.82, 2.24) is 0 Å². The van der Waals surface area contributed by atoms with Crippen molar-refractivity contribution in [2.75, 3.05) is 5.32 Å². The van der Waals surface area contributed by atoms with Crippen LogP contribution in [-0.2, 0) is 13.1 Å². The quantitative estimate of drug-likeness (QED) is 0.832. The van der Waals surface area contributed by atoms with E-state index in [0.717, 1.165) is 11.3 Å². The number of benzene rings is 1. The van der Waals surface area contributed by atoms with Gasteiger partial charge in [0.05, 0.1) is 18.5 Å². The zero-order valence-corrected chi connectivity index (χ0v) is 8.74. The Morgan fingerprint density at radius 1 is 1.31 bits per heavy atom. The fraction of sp³-hybridized carbons (Fsp3) is 0.167. The second kappa shape index (κ2) is 4.81. The van der Waals surface area contributed by atoms with Crippen LogP contribution in [0.2, 0.25) is 0 Å². The molecule has 0 amide bonds. The number of nitrogens with two attached hydrogens (primary N) is 1. The number of furan rings is 1. The van der Waals surface area contributed by atoms with E-state index < -0.39 is 0 Å². The first kappa shape index (κ1) is 10.7. The van der Waals surface area contributed by atoms with Gasteiger partial charge in [-0.3, -0.25) is 0 Å². The van der Waals surface area contributed by atoms with Crippen LogP contribution in [0.5, 0.6) is 0 Å². The number of anilines is 1. The first-order valence-corrected chi connectivity index (χ1v) is 5.04. The molecule has 0 fully saturated rings. The lowest BCUT2D eigenvalue weighted by molar-refractivity contribution is 0.510. The van der Waals surface area contributed by atoms with E-state index in [4.69, 9.17) is 10.2 Å². The van der Waals surface area contributed by atoms with E-state index in [2.05, 4.69) is 5.32 Å². The maximum absolute atomic E-state index is 13.3. The maximum Gasteiger partial charge on any atom is 0.146 e. The van der Waals surface area contributed by atoms with Crippen LogP contribution in [0.15, 0.2) is 41.0 Å². The van der Waals surface area contributed by atoms with Crippen molar-refractivity contribution in [2.24, 2.45) is 5.73 Å². The minimum Gasteiger partial charge on any atom is -0.468 e. The summed E-state index contributed by atoms with van der Waals surface area (Å²) in [6.07, 6.45) is 1.62. The van der Waals surface area contributed by atoms with Gasteiger partial charge in [0.15, 0.2) is 0 Å². The van der Waals surface area contributed by atoms with Gasteiger partial charge in [-0.2, -0.15) is 0 Å². The van der Waals surface area contributed by atoms with Crippen LogP contribution >= 0.6 is 0 Å². The van der Waals surface area contributed by atoms with Crippen LogP contribution in [0.3, 0.4) is 0 Å². The fourth-order valence-electron chi connectivity index (χ4n) is 1.43. The minimum absolute atomic E-state index is 0.259. The highest BCUT2D eigenvalue weighted by Gasteiger charge is 2.02. The van der Waals surface area contributed by atoms with Crippen LogP contribution in [0.25, 0.3) is 0 Å². The highest BCUT2D eigenvalue weighted by atomic mass is 19.1. The van der Waals surface area contributed by atoms with E-state index in [1.807, 2.05) is 6.07 Å². The van der Waals surface area contributed by atoms with Crippen molar-refractivity contribution in [1.29, 1.82) is 0 Å². The van der Waals surface area contributed by atoms with E-state index in [1.165, 1.54) is 6.07 Å². The second-order valence-corrected chi connectivity index (χ2v) is 3.46. The molecule has 0 aliphatic heterocycles. The molecule has 1 aromatic heterocycles. The van der Waals surface area contributed by atoms with Gasteiger partial charge in [0, 0.05) is 12.1 Å². The number of nitrogens with one attached hydrogen (secondary N) is 1. The van der Waals surface area contributed by atoms with Crippen LogP contribution < -0.4 is 11.1 Å². The summed E-state index contributed by atoms with van der Waals surface area (Å²) in [5.41, 5.74) is 6.85. The Hall–Kier alpha value is -1.81. The Morgan fingerprint density at radius 2 is 2.12 bits per heavy atom. The van der Waals surface area contributed by atoms with Crippen LogP contribution in [0.1, 0.15) is 11.3 Å². The van der Waals surface area contributed by atoms with E-state index in [9.17, 15) is 4.39 Å². The third kappa shape index (κ3) is 2.41. The standard InChI is InChI=1S/C12H13FN2O/c13-11-3-1-2-4-12(11)15-7-9-5-10(6-14)16-8-9/h1-5,8,15H,6-7,14H2. The van der Waals surface area contributed by atoms with E-state index >= 15 is 0 Å². The van der Waals surface area contributed by atoms with Gasteiger partial charge in [-0.15, -0.1) is 0 Å². The lowest BCUT2D eigenvalue weighted by Gasteiger charge is -2.04. The Balaban J connectivity index is 1.99. The van der Waals surface area contributed by atoms with E-state index in [0.29, 0.717) is 18.8 Å². The van der Waals surface area contributed by atoms with Gasteiger partial charge < -0.3 is 15.5 Å². The van der Waals surface area contributed by atoms with Crippen LogP contribution in [0, 0.1) is 5.82 Å². The Labute approximate surface area is 93.1 Å². The molecule has 16 heavy (non-hydrogen) atoms. The van der Waals surface area contributed by atoms with Crippen LogP contribution in [0.4, 0.5) is 10.1 Å².